The summed E-state index contributed by atoms with van der Waals surface area (Å²) in [6.45, 7) is 4.34. The number of morpholine rings is 1. The molecule has 0 spiro atoms. The van der Waals surface area contributed by atoms with E-state index in [0.29, 0.717) is 30.2 Å². The molecule has 1 saturated carbocycles. The Labute approximate surface area is 201 Å². The summed E-state index contributed by atoms with van der Waals surface area (Å²) in [6.07, 6.45) is 1.13. The first-order chi connectivity index (χ1) is 16.3. The maximum absolute atomic E-state index is 13.3. The van der Waals surface area contributed by atoms with Crippen LogP contribution in [0.15, 0.2) is 29.2 Å². The van der Waals surface area contributed by atoms with Gasteiger partial charge in [0.1, 0.15) is 6.54 Å². The third-order valence-corrected chi connectivity index (χ3v) is 7.92. The second kappa shape index (κ2) is 11.1. The molecule has 2 saturated heterocycles. The average Bonchev–Trinajstić information content (AvgIpc) is 2.82. The number of thioether (sulfide) groups is 1. The van der Waals surface area contributed by atoms with Gasteiger partial charge in [-0.05, 0) is 36.6 Å². The fraction of sp³-hybridized carbons (Fsp3) is 0.583. The highest BCUT2D eigenvalue weighted by Gasteiger charge is 2.41. The molecule has 1 N–H and O–H groups in total. The quantitative estimate of drug-likeness (QED) is 0.611. The molecule has 6 nitrogen and oxygen atoms in total. The van der Waals surface area contributed by atoms with Crippen molar-refractivity contribution in [3.8, 4) is 0 Å². The molecule has 0 bridgehead atoms. The summed E-state index contributed by atoms with van der Waals surface area (Å²) in [5, 5.41) is 3.12. The Hall–Kier alpha value is -2.04. The van der Waals surface area contributed by atoms with Crippen molar-refractivity contribution >= 4 is 29.7 Å². The number of carbonyl (C=O) groups is 2. The van der Waals surface area contributed by atoms with Crippen LogP contribution in [-0.2, 0) is 20.5 Å². The number of halogens is 3. The lowest BCUT2D eigenvalue weighted by molar-refractivity contribution is -0.137. The lowest BCUT2D eigenvalue weighted by atomic mass is 9.93. The molecule has 0 aromatic heterocycles. The van der Waals surface area contributed by atoms with Crippen LogP contribution in [0.25, 0.3) is 6.08 Å². The van der Waals surface area contributed by atoms with E-state index in [1.54, 1.807) is 11.0 Å². The van der Waals surface area contributed by atoms with E-state index >= 15 is 0 Å². The van der Waals surface area contributed by atoms with Crippen molar-refractivity contribution in [1.82, 2.24) is 15.1 Å². The Morgan fingerprint density at radius 2 is 1.85 bits per heavy atom. The van der Waals surface area contributed by atoms with Gasteiger partial charge in [-0.25, -0.2) is 0 Å². The molecular weight excluding hydrogens is 467 g/mol. The summed E-state index contributed by atoms with van der Waals surface area (Å²) in [6, 6.07) is 4.79. The minimum atomic E-state index is -4.40. The van der Waals surface area contributed by atoms with Crippen molar-refractivity contribution in [3.05, 3.63) is 40.3 Å². The lowest BCUT2D eigenvalue weighted by Crippen LogP contribution is -2.54. The van der Waals surface area contributed by atoms with E-state index in [-0.39, 0.29) is 29.7 Å². The first kappa shape index (κ1) is 25.1. The molecule has 10 heteroatoms. The topological polar surface area (TPSA) is 61.9 Å². The van der Waals surface area contributed by atoms with Crippen LogP contribution in [0.2, 0.25) is 0 Å². The third kappa shape index (κ3) is 6.34. The molecule has 2 heterocycles. The Kier molecular flexibility index (Phi) is 8.21. The van der Waals surface area contributed by atoms with Crippen LogP contribution >= 0.6 is 11.8 Å². The summed E-state index contributed by atoms with van der Waals surface area (Å²) in [7, 11) is 0. The molecule has 0 radical (unpaired) electrons. The number of hydrogen-bond acceptors (Lipinski definition) is 5. The van der Waals surface area contributed by atoms with Gasteiger partial charge >= 0.3 is 6.18 Å². The molecule has 2 amide bonds. The zero-order valence-electron chi connectivity index (χ0n) is 19.0. The zero-order chi connectivity index (χ0) is 24.1. The van der Waals surface area contributed by atoms with Crippen LogP contribution in [0.1, 0.15) is 36.8 Å². The standard InChI is InChI=1S/C24H30F3N3O3S/c25-24(26,27)18-7-5-17(6-8-18)15-21-23(32)30(19-3-1-2-4-20(19)34-21)16-22(31)28-9-10-29-11-13-33-14-12-29/h5-8,15,19-20H,1-4,9-14,16H2,(H,28,31)/b21-15+. The number of benzene rings is 1. The molecule has 1 aromatic rings. The second-order valence-electron chi connectivity index (χ2n) is 8.87. The predicted octanol–water partition coefficient (Wildman–Crippen LogP) is 3.38. The normalized spacial score (nSPS) is 25.3. The highest BCUT2D eigenvalue weighted by Crippen LogP contribution is 2.42. The molecule has 4 rings (SSSR count). The fourth-order valence-electron chi connectivity index (χ4n) is 4.67. The van der Waals surface area contributed by atoms with Gasteiger partial charge in [0.25, 0.3) is 5.91 Å². The summed E-state index contributed by atoms with van der Waals surface area (Å²) in [4.78, 5) is 30.4. The van der Waals surface area contributed by atoms with Crippen LogP contribution in [0.5, 0.6) is 0 Å². The van der Waals surface area contributed by atoms with Crippen LogP contribution in [-0.4, -0.2) is 78.8 Å². The Morgan fingerprint density at radius 3 is 2.56 bits per heavy atom. The van der Waals surface area contributed by atoms with Gasteiger partial charge in [0, 0.05) is 37.5 Å². The highest BCUT2D eigenvalue weighted by atomic mass is 32.2. The molecule has 2 aliphatic heterocycles. The van der Waals surface area contributed by atoms with Crippen LogP contribution in [0.4, 0.5) is 13.2 Å². The fourth-order valence-corrected chi connectivity index (χ4v) is 6.14. The van der Waals surface area contributed by atoms with Gasteiger partial charge in [-0.15, -0.1) is 11.8 Å². The number of alkyl halides is 3. The van der Waals surface area contributed by atoms with E-state index in [2.05, 4.69) is 10.2 Å². The molecule has 2 unspecified atom stereocenters. The number of carbonyl (C=O) groups excluding carboxylic acids is 2. The van der Waals surface area contributed by atoms with E-state index < -0.39 is 11.7 Å². The zero-order valence-corrected chi connectivity index (χ0v) is 19.8. The summed E-state index contributed by atoms with van der Waals surface area (Å²) in [5.74, 6) is -0.414. The molecule has 1 aromatic carbocycles. The van der Waals surface area contributed by atoms with Gasteiger partial charge < -0.3 is 15.0 Å². The molecule has 34 heavy (non-hydrogen) atoms. The van der Waals surface area contributed by atoms with Gasteiger partial charge in [0.05, 0.1) is 23.7 Å². The predicted molar refractivity (Wildman–Crippen MR) is 125 cm³/mol. The summed E-state index contributed by atoms with van der Waals surface area (Å²) >= 11 is 1.49. The Bertz CT molecular complexity index is 901. The van der Waals surface area contributed by atoms with E-state index in [1.807, 2.05) is 0 Å². The monoisotopic (exact) mass is 497 g/mol. The maximum Gasteiger partial charge on any atom is 0.416 e. The minimum absolute atomic E-state index is 0.000925. The first-order valence-corrected chi connectivity index (χ1v) is 12.6. The van der Waals surface area contributed by atoms with E-state index in [4.69, 9.17) is 4.74 Å². The number of nitrogens with zero attached hydrogens (tertiary/aromatic N) is 2. The van der Waals surface area contributed by atoms with Crippen molar-refractivity contribution in [2.75, 3.05) is 45.9 Å². The number of fused-ring (bicyclic) bond motifs is 1. The number of amides is 2. The minimum Gasteiger partial charge on any atom is -0.379 e. The Balaban J connectivity index is 1.42. The van der Waals surface area contributed by atoms with Crippen molar-refractivity contribution in [2.45, 2.75) is 43.2 Å². The van der Waals surface area contributed by atoms with Crippen molar-refractivity contribution < 1.29 is 27.5 Å². The second-order valence-corrected chi connectivity index (χ2v) is 10.2. The van der Waals surface area contributed by atoms with E-state index in [1.165, 1.54) is 23.9 Å². The average molecular weight is 498 g/mol. The molecule has 3 fully saturated rings. The SMILES string of the molecule is O=C(CN1C(=O)/C(=C\c2ccc(C(F)(F)F)cc2)SC2CCCCC21)NCCN1CCOCC1. The largest absolute Gasteiger partial charge is 0.416 e. The van der Waals surface area contributed by atoms with Gasteiger partial charge in [0.15, 0.2) is 0 Å². The highest BCUT2D eigenvalue weighted by molar-refractivity contribution is 8.04. The van der Waals surface area contributed by atoms with E-state index in [0.717, 1.165) is 57.5 Å². The molecule has 186 valence electrons. The molecule has 1 aliphatic carbocycles. The van der Waals surface area contributed by atoms with Crippen LogP contribution in [0.3, 0.4) is 0 Å². The van der Waals surface area contributed by atoms with Crippen molar-refractivity contribution in [1.29, 1.82) is 0 Å². The molecule has 2 atom stereocenters. The summed E-state index contributed by atoms with van der Waals surface area (Å²) in [5.41, 5.74) is -0.187. The molecule has 3 aliphatic rings. The summed E-state index contributed by atoms with van der Waals surface area (Å²) < 4.78 is 43.9. The number of rotatable bonds is 6. The smallest absolute Gasteiger partial charge is 0.379 e. The molecular formula is C24H30F3N3O3S. The third-order valence-electron chi connectivity index (χ3n) is 6.52. The van der Waals surface area contributed by atoms with Gasteiger partial charge in [-0.1, -0.05) is 25.0 Å². The number of ether oxygens (including phenoxy) is 1. The lowest BCUT2D eigenvalue weighted by Gasteiger charge is -2.43. The van der Waals surface area contributed by atoms with Gasteiger partial charge in [0.2, 0.25) is 5.91 Å². The van der Waals surface area contributed by atoms with E-state index in [9.17, 15) is 22.8 Å². The number of hydrogen-bond donors (Lipinski definition) is 1. The van der Waals surface area contributed by atoms with Crippen LogP contribution < -0.4 is 5.32 Å². The van der Waals surface area contributed by atoms with Gasteiger partial charge in [-0.2, -0.15) is 13.2 Å². The number of nitrogens with one attached hydrogen (secondary N) is 1. The Morgan fingerprint density at radius 1 is 1.15 bits per heavy atom. The van der Waals surface area contributed by atoms with Crippen molar-refractivity contribution in [3.63, 3.8) is 0 Å². The van der Waals surface area contributed by atoms with Crippen LogP contribution in [0, 0.1) is 0 Å². The van der Waals surface area contributed by atoms with Crippen molar-refractivity contribution in [2.24, 2.45) is 0 Å². The first-order valence-electron chi connectivity index (χ1n) is 11.7. The van der Waals surface area contributed by atoms with Gasteiger partial charge in [-0.3, -0.25) is 14.5 Å². The maximum atomic E-state index is 13.3.